The first-order valence-electron chi connectivity index (χ1n) is 12.1. The Morgan fingerprint density at radius 2 is 2.00 bits per heavy atom. The first-order valence-corrected chi connectivity index (χ1v) is 12.1. The van der Waals surface area contributed by atoms with Gasteiger partial charge in [-0.05, 0) is 42.8 Å². The molecular formula is C26H27N5O6. The molecule has 2 atom stereocenters. The largest absolute Gasteiger partial charge is 0.488 e. The van der Waals surface area contributed by atoms with Gasteiger partial charge in [0.15, 0.2) is 0 Å². The zero-order chi connectivity index (χ0) is 25.8. The number of nitrogens with two attached hydrogens (primary N) is 1. The van der Waals surface area contributed by atoms with E-state index in [1.54, 1.807) is 18.2 Å². The molecular weight excluding hydrogens is 478 g/mol. The minimum atomic E-state index is -0.693. The fourth-order valence-electron chi connectivity index (χ4n) is 4.51. The van der Waals surface area contributed by atoms with E-state index >= 15 is 0 Å². The van der Waals surface area contributed by atoms with E-state index in [0.717, 1.165) is 18.8 Å². The minimum absolute atomic E-state index is 0.0337. The lowest BCUT2D eigenvalue weighted by atomic mass is 10.0. The molecule has 0 saturated carbocycles. The third-order valence-electron chi connectivity index (χ3n) is 6.47. The SMILES string of the molecule is NN=C(C=Nc1ccc(O[C@@H]2CCOC2)cc1)COc1cccc2c1CN(C1CCC(=O)NC1=O)C2=O. The maximum atomic E-state index is 13.0. The molecule has 192 valence electrons. The Morgan fingerprint density at radius 1 is 1.16 bits per heavy atom. The van der Waals surface area contributed by atoms with Crippen LogP contribution in [0.3, 0.4) is 0 Å². The molecule has 2 fully saturated rings. The van der Waals surface area contributed by atoms with Crippen molar-refractivity contribution < 1.29 is 28.6 Å². The molecule has 0 bridgehead atoms. The number of carbonyl (C=O) groups is 3. The second-order valence-electron chi connectivity index (χ2n) is 8.95. The smallest absolute Gasteiger partial charge is 0.255 e. The third kappa shape index (κ3) is 5.46. The van der Waals surface area contributed by atoms with E-state index in [0.29, 0.717) is 41.3 Å². The number of carbonyl (C=O) groups excluding carboxylic acids is 3. The van der Waals surface area contributed by atoms with Crippen molar-refractivity contribution in [1.82, 2.24) is 10.2 Å². The van der Waals surface area contributed by atoms with Crippen LogP contribution in [0.4, 0.5) is 5.69 Å². The average molecular weight is 506 g/mol. The molecule has 0 spiro atoms. The minimum Gasteiger partial charge on any atom is -0.488 e. The summed E-state index contributed by atoms with van der Waals surface area (Å²) in [6.45, 7) is 1.56. The van der Waals surface area contributed by atoms with E-state index in [1.807, 2.05) is 24.3 Å². The Kier molecular flexibility index (Phi) is 7.13. The monoisotopic (exact) mass is 505 g/mol. The van der Waals surface area contributed by atoms with E-state index < -0.39 is 11.9 Å². The summed E-state index contributed by atoms with van der Waals surface area (Å²) in [6.07, 6.45) is 2.96. The van der Waals surface area contributed by atoms with Gasteiger partial charge in [-0.15, -0.1) is 0 Å². The molecule has 11 heteroatoms. The fourth-order valence-corrected chi connectivity index (χ4v) is 4.51. The van der Waals surface area contributed by atoms with Crippen LogP contribution in [0.5, 0.6) is 11.5 Å². The molecule has 3 aliphatic rings. The van der Waals surface area contributed by atoms with Crippen LogP contribution in [0.2, 0.25) is 0 Å². The van der Waals surface area contributed by atoms with Gasteiger partial charge < -0.3 is 25.0 Å². The van der Waals surface area contributed by atoms with Gasteiger partial charge in [0, 0.05) is 24.0 Å². The highest BCUT2D eigenvalue weighted by molar-refractivity contribution is 6.31. The van der Waals surface area contributed by atoms with Crippen LogP contribution in [0.25, 0.3) is 0 Å². The Morgan fingerprint density at radius 3 is 2.73 bits per heavy atom. The number of piperidine rings is 1. The molecule has 3 N–H and O–H groups in total. The number of hydrogen-bond acceptors (Lipinski definition) is 9. The fraction of sp³-hybridized carbons (Fsp3) is 0.346. The Labute approximate surface area is 213 Å². The van der Waals surface area contributed by atoms with E-state index in [1.165, 1.54) is 11.1 Å². The van der Waals surface area contributed by atoms with E-state index in [9.17, 15) is 14.4 Å². The molecule has 3 aliphatic heterocycles. The Balaban J connectivity index is 1.20. The molecule has 37 heavy (non-hydrogen) atoms. The van der Waals surface area contributed by atoms with Gasteiger partial charge in [0.25, 0.3) is 5.91 Å². The highest BCUT2D eigenvalue weighted by Crippen LogP contribution is 2.33. The predicted octanol–water partition coefficient (Wildman–Crippen LogP) is 1.71. The van der Waals surface area contributed by atoms with Gasteiger partial charge in [-0.2, -0.15) is 5.10 Å². The number of hydrazone groups is 1. The summed E-state index contributed by atoms with van der Waals surface area (Å²) in [5, 5.41) is 6.06. The lowest BCUT2D eigenvalue weighted by molar-refractivity contribution is -0.136. The first kappa shape index (κ1) is 24.4. The molecule has 1 unspecified atom stereocenters. The predicted molar refractivity (Wildman–Crippen MR) is 134 cm³/mol. The highest BCUT2D eigenvalue weighted by atomic mass is 16.5. The number of aliphatic imine (C=N–C) groups is 1. The number of nitrogens with one attached hydrogen (secondary N) is 1. The number of benzene rings is 2. The zero-order valence-corrected chi connectivity index (χ0v) is 20.1. The average Bonchev–Trinajstić information content (AvgIpc) is 3.53. The number of imide groups is 1. The molecule has 2 saturated heterocycles. The van der Waals surface area contributed by atoms with Crippen molar-refractivity contribution in [2.75, 3.05) is 19.8 Å². The van der Waals surface area contributed by atoms with Gasteiger partial charge in [-0.3, -0.25) is 24.7 Å². The number of amides is 3. The first-order chi connectivity index (χ1) is 18.0. The zero-order valence-electron chi connectivity index (χ0n) is 20.1. The molecule has 11 nitrogen and oxygen atoms in total. The van der Waals surface area contributed by atoms with Crippen molar-refractivity contribution in [3.63, 3.8) is 0 Å². The number of ether oxygens (including phenoxy) is 3. The van der Waals surface area contributed by atoms with Crippen LogP contribution in [0, 0.1) is 0 Å². The molecule has 5 rings (SSSR count). The normalized spacial score (nSPS) is 21.9. The molecule has 2 aromatic carbocycles. The number of hydrogen-bond donors (Lipinski definition) is 2. The highest BCUT2D eigenvalue weighted by Gasteiger charge is 2.40. The molecule has 0 aromatic heterocycles. The summed E-state index contributed by atoms with van der Waals surface area (Å²) < 4.78 is 17.1. The molecule has 0 radical (unpaired) electrons. The van der Waals surface area contributed by atoms with Crippen molar-refractivity contribution in [1.29, 1.82) is 0 Å². The summed E-state index contributed by atoms with van der Waals surface area (Å²) in [5.74, 6) is 5.75. The molecule has 3 amide bonds. The number of nitrogens with zero attached hydrogens (tertiary/aromatic N) is 3. The van der Waals surface area contributed by atoms with Gasteiger partial charge in [-0.1, -0.05) is 6.07 Å². The van der Waals surface area contributed by atoms with Crippen LogP contribution in [0.15, 0.2) is 52.6 Å². The lowest BCUT2D eigenvalue weighted by Crippen LogP contribution is -2.52. The van der Waals surface area contributed by atoms with Crippen LogP contribution >= 0.6 is 0 Å². The van der Waals surface area contributed by atoms with Gasteiger partial charge in [-0.25, -0.2) is 0 Å². The van der Waals surface area contributed by atoms with Crippen molar-refractivity contribution in [3.05, 3.63) is 53.6 Å². The standard InChI is InChI=1S/C26H27N5O6/c27-30-17(12-28-16-4-6-18(7-5-16)37-19-10-11-35-15-19)14-36-23-3-1-2-20-21(23)13-31(26(20)34)22-8-9-24(32)29-25(22)33/h1-7,12,19,22H,8-11,13-15,27H2,(H,29,32,33)/t19-,22?/m1/s1. The topological polar surface area (TPSA) is 145 Å². The maximum absolute atomic E-state index is 13.0. The molecule has 3 heterocycles. The summed E-state index contributed by atoms with van der Waals surface area (Å²) in [6, 6.07) is 11.8. The van der Waals surface area contributed by atoms with Crippen LogP contribution in [-0.4, -0.2) is 66.5 Å². The Bertz CT molecular complexity index is 1250. The van der Waals surface area contributed by atoms with Crippen molar-refractivity contribution in [2.24, 2.45) is 15.9 Å². The molecule has 2 aromatic rings. The van der Waals surface area contributed by atoms with E-state index in [4.69, 9.17) is 20.1 Å². The second-order valence-corrected chi connectivity index (χ2v) is 8.95. The molecule has 0 aliphatic carbocycles. The van der Waals surface area contributed by atoms with Gasteiger partial charge in [0.1, 0.15) is 36.0 Å². The maximum Gasteiger partial charge on any atom is 0.255 e. The lowest BCUT2D eigenvalue weighted by Gasteiger charge is -2.29. The van der Waals surface area contributed by atoms with Crippen molar-refractivity contribution >= 4 is 35.3 Å². The van der Waals surface area contributed by atoms with E-state index in [2.05, 4.69) is 15.4 Å². The Hall–Kier alpha value is -4.25. The van der Waals surface area contributed by atoms with E-state index in [-0.39, 0.29) is 37.5 Å². The summed E-state index contributed by atoms with van der Waals surface area (Å²) in [7, 11) is 0. The summed E-state index contributed by atoms with van der Waals surface area (Å²) in [5.41, 5.74) is 2.23. The van der Waals surface area contributed by atoms with Crippen LogP contribution < -0.4 is 20.6 Å². The van der Waals surface area contributed by atoms with Crippen molar-refractivity contribution in [2.45, 2.75) is 38.0 Å². The van der Waals surface area contributed by atoms with Crippen molar-refractivity contribution in [3.8, 4) is 11.5 Å². The van der Waals surface area contributed by atoms with Gasteiger partial charge in [0.2, 0.25) is 11.8 Å². The van der Waals surface area contributed by atoms with Crippen LogP contribution in [0.1, 0.15) is 35.2 Å². The summed E-state index contributed by atoms with van der Waals surface area (Å²) >= 11 is 0. The number of fused-ring (bicyclic) bond motifs is 1. The summed E-state index contributed by atoms with van der Waals surface area (Å²) in [4.78, 5) is 42.6. The second kappa shape index (κ2) is 10.8. The van der Waals surface area contributed by atoms with Crippen LogP contribution in [-0.2, 0) is 20.9 Å². The van der Waals surface area contributed by atoms with Gasteiger partial charge in [0.05, 0.1) is 31.7 Å². The van der Waals surface area contributed by atoms with Gasteiger partial charge >= 0.3 is 0 Å². The third-order valence-corrected chi connectivity index (χ3v) is 6.47. The number of rotatable bonds is 8. The quantitative estimate of drug-likeness (QED) is 0.240.